The summed E-state index contributed by atoms with van der Waals surface area (Å²) in [5.41, 5.74) is -0.693. The quantitative estimate of drug-likeness (QED) is 0.649. The van der Waals surface area contributed by atoms with Gasteiger partial charge < -0.3 is 14.2 Å². The fourth-order valence-corrected chi connectivity index (χ4v) is 4.76. The molecule has 30 heavy (non-hydrogen) atoms. The highest BCUT2D eigenvalue weighted by Gasteiger charge is 2.33. The van der Waals surface area contributed by atoms with E-state index in [0.29, 0.717) is 12.5 Å². The molecule has 0 radical (unpaired) electrons. The number of hydrogen-bond donors (Lipinski definition) is 0. The number of hydrogen-bond acceptors (Lipinski definition) is 6. The van der Waals surface area contributed by atoms with Gasteiger partial charge in [0.25, 0.3) is 11.5 Å². The molecular weight excluding hydrogens is 390 g/mol. The van der Waals surface area contributed by atoms with Crippen LogP contribution in [0.1, 0.15) is 32.1 Å². The van der Waals surface area contributed by atoms with Gasteiger partial charge in [-0.2, -0.15) is 0 Å². The van der Waals surface area contributed by atoms with E-state index in [1.54, 1.807) is 4.90 Å². The molecule has 0 bridgehead atoms. The Hall–Kier alpha value is -2.91. The van der Waals surface area contributed by atoms with Gasteiger partial charge in [-0.3, -0.25) is 23.5 Å². The third kappa shape index (κ3) is 3.66. The zero-order valence-electron chi connectivity index (χ0n) is 17.4. The molecular formula is C20H27N5O5. The smallest absolute Gasteiger partial charge is 0.332 e. The van der Waals surface area contributed by atoms with Crippen LogP contribution >= 0.6 is 0 Å². The van der Waals surface area contributed by atoms with E-state index in [2.05, 4.69) is 4.98 Å². The maximum absolute atomic E-state index is 12.5. The van der Waals surface area contributed by atoms with E-state index in [1.165, 1.54) is 55.2 Å². The van der Waals surface area contributed by atoms with Gasteiger partial charge in [-0.1, -0.05) is 19.3 Å². The Bertz CT molecular complexity index is 1100. The second-order valence-corrected chi connectivity index (χ2v) is 8.34. The molecule has 3 heterocycles. The van der Waals surface area contributed by atoms with Gasteiger partial charge in [0.2, 0.25) is 0 Å². The number of carbonyl (C=O) groups is 2. The summed E-state index contributed by atoms with van der Waals surface area (Å²) < 4.78 is 8.74. The molecule has 2 fully saturated rings. The second kappa shape index (κ2) is 8.08. The summed E-state index contributed by atoms with van der Waals surface area (Å²) in [5, 5.41) is 0. The minimum atomic E-state index is -0.633. The van der Waals surface area contributed by atoms with Crippen molar-refractivity contribution in [3.8, 4) is 0 Å². The van der Waals surface area contributed by atoms with Crippen LogP contribution in [0.25, 0.3) is 11.2 Å². The maximum atomic E-state index is 12.5. The number of likely N-dealkylation sites (tertiary alicyclic amines) is 1. The molecule has 1 saturated heterocycles. The standard InChI is InChI=1S/C20H27N5O5/c1-22-18-17(19(28)23(2)20(22)29)25(12-21-18)10-16(27)30-11-15(26)24-8-7-13-5-3-4-6-14(13)9-24/h12-14H,3-11H2,1-2H3/t13-,14-/m0/s1. The number of ether oxygens (including phenoxy) is 1. The van der Waals surface area contributed by atoms with Crippen molar-refractivity contribution in [3.63, 3.8) is 0 Å². The number of carbonyl (C=O) groups excluding carboxylic acids is 2. The first kappa shape index (κ1) is 20.4. The van der Waals surface area contributed by atoms with Crippen molar-refractivity contribution in [2.24, 2.45) is 25.9 Å². The maximum Gasteiger partial charge on any atom is 0.332 e. The lowest BCUT2D eigenvalue weighted by atomic mass is 9.75. The summed E-state index contributed by atoms with van der Waals surface area (Å²) in [4.78, 5) is 55.1. The van der Waals surface area contributed by atoms with E-state index in [-0.39, 0.29) is 30.2 Å². The van der Waals surface area contributed by atoms with Gasteiger partial charge in [0, 0.05) is 27.2 Å². The van der Waals surface area contributed by atoms with Crippen LogP contribution < -0.4 is 11.2 Å². The molecule has 2 aromatic heterocycles. The molecule has 0 N–H and O–H groups in total. The zero-order chi connectivity index (χ0) is 21.4. The molecule has 1 amide bonds. The molecule has 2 atom stereocenters. The van der Waals surface area contributed by atoms with E-state index in [4.69, 9.17) is 4.74 Å². The number of nitrogens with zero attached hydrogens (tertiary/aromatic N) is 5. The summed E-state index contributed by atoms with van der Waals surface area (Å²) in [6.07, 6.45) is 7.27. The average Bonchev–Trinajstić information content (AvgIpc) is 3.17. The van der Waals surface area contributed by atoms with Gasteiger partial charge >= 0.3 is 11.7 Å². The SMILES string of the molecule is Cn1c(=O)c2c(ncn2CC(=O)OCC(=O)N2CC[C@@H]3CCCC[C@H]3C2)n(C)c1=O. The van der Waals surface area contributed by atoms with Crippen molar-refractivity contribution in [2.75, 3.05) is 19.7 Å². The van der Waals surface area contributed by atoms with E-state index in [0.717, 1.165) is 23.5 Å². The lowest BCUT2D eigenvalue weighted by molar-refractivity contribution is -0.153. The van der Waals surface area contributed by atoms with Gasteiger partial charge in [-0.15, -0.1) is 0 Å². The number of aryl methyl sites for hydroxylation is 1. The van der Waals surface area contributed by atoms with Crippen LogP contribution in [-0.4, -0.2) is 55.2 Å². The van der Waals surface area contributed by atoms with Crippen molar-refractivity contribution in [2.45, 2.75) is 38.6 Å². The van der Waals surface area contributed by atoms with E-state index < -0.39 is 17.2 Å². The molecule has 0 unspecified atom stereocenters. The largest absolute Gasteiger partial charge is 0.454 e. The fourth-order valence-electron chi connectivity index (χ4n) is 4.76. The van der Waals surface area contributed by atoms with Crippen molar-refractivity contribution < 1.29 is 14.3 Å². The van der Waals surface area contributed by atoms with Crippen LogP contribution in [0.4, 0.5) is 0 Å². The van der Waals surface area contributed by atoms with Crippen molar-refractivity contribution in [1.82, 2.24) is 23.6 Å². The highest BCUT2D eigenvalue weighted by atomic mass is 16.5. The van der Waals surface area contributed by atoms with E-state index in [9.17, 15) is 19.2 Å². The molecule has 2 aromatic rings. The van der Waals surface area contributed by atoms with Crippen LogP contribution in [0.15, 0.2) is 15.9 Å². The Balaban J connectivity index is 1.38. The Morgan fingerprint density at radius 3 is 2.60 bits per heavy atom. The average molecular weight is 417 g/mol. The molecule has 0 spiro atoms. The zero-order valence-corrected chi connectivity index (χ0v) is 17.4. The molecule has 10 heteroatoms. The van der Waals surface area contributed by atoms with Gasteiger partial charge in [-0.05, 0) is 24.7 Å². The summed E-state index contributed by atoms with van der Waals surface area (Å²) in [6.45, 7) is 0.895. The van der Waals surface area contributed by atoms with Crippen LogP contribution in [0.3, 0.4) is 0 Å². The number of esters is 1. The van der Waals surface area contributed by atoms with E-state index >= 15 is 0 Å². The minimum absolute atomic E-state index is 0.141. The third-order valence-corrected chi connectivity index (χ3v) is 6.52. The Morgan fingerprint density at radius 2 is 1.83 bits per heavy atom. The monoisotopic (exact) mass is 417 g/mol. The molecule has 1 aliphatic carbocycles. The van der Waals surface area contributed by atoms with Crippen molar-refractivity contribution in [3.05, 3.63) is 27.2 Å². The van der Waals surface area contributed by atoms with Gasteiger partial charge in [0.1, 0.15) is 6.54 Å². The second-order valence-electron chi connectivity index (χ2n) is 8.34. The first-order chi connectivity index (χ1) is 14.4. The Kier molecular flexibility index (Phi) is 5.48. The van der Waals surface area contributed by atoms with Gasteiger partial charge in [-0.25, -0.2) is 9.78 Å². The van der Waals surface area contributed by atoms with Crippen molar-refractivity contribution >= 4 is 23.0 Å². The topological polar surface area (TPSA) is 108 Å². The van der Waals surface area contributed by atoms with Gasteiger partial charge in [0.15, 0.2) is 17.8 Å². The van der Waals surface area contributed by atoms with Gasteiger partial charge in [0.05, 0.1) is 6.33 Å². The normalized spacial score (nSPS) is 21.5. The molecule has 2 aliphatic rings. The number of rotatable bonds is 4. The Labute approximate surface area is 173 Å². The highest BCUT2D eigenvalue weighted by Crippen LogP contribution is 2.35. The number of piperidine rings is 1. The number of fused-ring (bicyclic) bond motifs is 2. The predicted octanol–water partition coefficient (Wildman–Crippen LogP) is 0.0156. The molecule has 1 aliphatic heterocycles. The highest BCUT2D eigenvalue weighted by molar-refractivity contribution is 5.81. The summed E-state index contributed by atoms with van der Waals surface area (Å²) >= 11 is 0. The third-order valence-electron chi connectivity index (χ3n) is 6.52. The van der Waals surface area contributed by atoms with Crippen LogP contribution in [0.5, 0.6) is 0 Å². The molecule has 162 valence electrons. The number of amides is 1. The first-order valence-corrected chi connectivity index (χ1v) is 10.4. The summed E-state index contributed by atoms with van der Waals surface area (Å²) in [6, 6.07) is 0. The van der Waals surface area contributed by atoms with Crippen LogP contribution in [-0.2, 0) is 35.0 Å². The molecule has 10 nitrogen and oxygen atoms in total. The molecule has 4 rings (SSSR count). The molecule has 0 aromatic carbocycles. The van der Waals surface area contributed by atoms with Crippen LogP contribution in [0.2, 0.25) is 0 Å². The summed E-state index contributed by atoms with van der Waals surface area (Å²) in [7, 11) is 2.88. The number of imidazole rings is 1. The van der Waals surface area contributed by atoms with Crippen LogP contribution in [0, 0.1) is 11.8 Å². The van der Waals surface area contributed by atoms with Crippen molar-refractivity contribution in [1.29, 1.82) is 0 Å². The Morgan fingerprint density at radius 1 is 1.10 bits per heavy atom. The molecule has 1 saturated carbocycles. The minimum Gasteiger partial charge on any atom is -0.454 e. The lowest BCUT2D eigenvalue weighted by Gasteiger charge is -2.41. The fraction of sp³-hybridized carbons (Fsp3) is 0.650. The predicted molar refractivity (Wildman–Crippen MR) is 108 cm³/mol. The van der Waals surface area contributed by atoms with E-state index in [1.807, 2.05) is 0 Å². The number of aromatic nitrogens is 4. The first-order valence-electron chi connectivity index (χ1n) is 10.4. The summed E-state index contributed by atoms with van der Waals surface area (Å²) in [5.74, 6) is 0.470. The lowest BCUT2D eigenvalue weighted by Crippen LogP contribution is -2.46.